The van der Waals surface area contributed by atoms with Crippen LogP contribution in [-0.2, 0) is 4.74 Å². The predicted molar refractivity (Wildman–Crippen MR) is 71.9 cm³/mol. The molecule has 0 saturated heterocycles. The molecule has 19 heavy (non-hydrogen) atoms. The monoisotopic (exact) mass is 280 g/mol. The molecule has 5 nitrogen and oxygen atoms in total. The summed E-state index contributed by atoms with van der Waals surface area (Å²) in [5.41, 5.74) is 1.89. The van der Waals surface area contributed by atoms with Crippen LogP contribution >= 0.6 is 11.6 Å². The molecule has 0 aliphatic rings. The zero-order valence-electron chi connectivity index (χ0n) is 10.6. The minimum Gasteiger partial charge on any atom is -0.461 e. The van der Waals surface area contributed by atoms with Crippen molar-refractivity contribution in [2.45, 2.75) is 13.8 Å². The van der Waals surface area contributed by atoms with Gasteiger partial charge in [-0.2, -0.15) is 4.98 Å². The van der Waals surface area contributed by atoms with Crippen molar-refractivity contribution in [2.75, 3.05) is 11.9 Å². The Bertz CT molecular complexity index is 595. The number of carbonyl (C=O) groups is 1. The number of oxazole rings is 1. The second kappa shape index (κ2) is 5.75. The molecule has 1 heterocycles. The van der Waals surface area contributed by atoms with Crippen LogP contribution in [0.3, 0.4) is 0 Å². The summed E-state index contributed by atoms with van der Waals surface area (Å²) in [6, 6.07) is 5.62. The molecule has 1 aromatic heterocycles. The van der Waals surface area contributed by atoms with E-state index >= 15 is 0 Å². The first-order valence-corrected chi connectivity index (χ1v) is 6.13. The molecule has 2 rings (SSSR count). The van der Waals surface area contributed by atoms with Crippen LogP contribution in [0.15, 0.2) is 28.9 Å². The van der Waals surface area contributed by atoms with E-state index < -0.39 is 5.97 Å². The van der Waals surface area contributed by atoms with E-state index in [4.69, 9.17) is 20.8 Å². The number of benzene rings is 1. The number of hydrogen-bond acceptors (Lipinski definition) is 5. The number of aromatic nitrogens is 1. The van der Waals surface area contributed by atoms with Crippen molar-refractivity contribution in [3.63, 3.8) is 0 Å². The summed E-state index contributed by atoms with van der Waals surface area (Å²) in [7, 11) is 0. The zero-order chi connectivity index (χ0) is 13.8. The van der Waals surface area contributed by atoms with Gasteiger partial charge >= 0.3 is 5.97 Å². The molecule has 0 radical (unpaired) electrons. The fraction of sp³-hybridized carbons (Fsp3) is 0.231. The molecule has 0 atom stereocenters. The van der Waals surface area contributed by atoms with Crippen molar-refractivity contribution in [2.24, 2.45) is 0 Å². The molecular formula is C13H13ClN2O3. The van der Waals surface area contributed by atoms with Crippen LogP contribution < -0.4 is 5.32 Å². The third-order valence-electron chi connectivity index (χ3n) is 2.42. The Labute approximate surface area is 115 Å². The van der Waals surface area contributed by atoms with Gasteiger partial charge in [-0.05, 0) is 37.6 Å². The third kappa shape index (κ3) is 3.26. The summed E-state index contributed by atoms with van der Waals surface area (Å²) in [6.07, 6.45) is 1.26. The fourth-order valence-electron chi connectivity index (χ4n) is 1.51. The topological polar surface area (TPSA) is 64.4 Å². The van der Waals surface area contributed by atoms with Crippen LogP contribution in [0.5, 0.6) is 0 Å². The van der Waals surface area contributed by atoms with E-state index in [-0.39, 0.29) is 11.7 Å². The molecule has 100 valence electrons. The summed E-state index contributed by atoms with van der Waals surface area (Å²) in [4.78, 5) is 15.4. The largest absolute Gasteiger partial charge is 0.461 e. The first kappa shape index (κ1) is 13.4. The van der Waals surface area contributed by atoms with E-state index in [2.05, 4.69) is 10.3 Å². The van der Waals surface area contributed by atoms with Crippen LogP contribution in [-0.4, -0.2) is 17.6 Å². The van der Waals surface area contributed by atoms with Crippen LogP contribution in [0.2, 0.25) is 5.02 Å². The number of carbonyl (C=O) groups excluding carboxylic acids is 1. The van der Waals surface area contributed by atoms with Crippen molar-refractivity contribution in [1.82, 2.24) is 4.98 Å². The molecule has 0 saturated carbocycles. The lowest BCUT2D eigenvalue weighted by molar-refractivity contribution is 0.0519. The number of anilines is 2. The van der Waals surface area contributed by atoms with Crippen LogP contribution in [0.4, 0.5) is 11.7 Å². The first-order chi connectivity index (χ1) is 9.10. The number of ether oxygens (including phenoxy) is 1. The number of rotatable bonds is 4. The molecule has 0 aliphatic heterocycles. The van der Waals surface area contributed by atoms with E-state index in [0.29, 0.717) is 11.6 Å². The third-order valence-corrected chi connectivity index (χ3v) is 2.65. The SMILES string of the molecule is CCOC(=O)c1coc(Nc2ccc(Cl)cc2C)n1. The van der Waals surface area contributed by atoms with E-state index in [1.54, 1.807) is 13.0 Å². The average Bonchev–Trinajstić information content (AvgIpc) is 2.82. The zero-order valence-corrected chi connectivity index (χ0v) is 11.3. The highest BCUT2D eigenvalue weighted by Crippen LogP contribution is 2.23. The van der Waals surface area contributed by atoms with Gasteiger partial charge in [-0.15, -0.1) is 0 Å². The van der Waals surface area contributed by atoms with Crippen LogP contribution in [0.25, 0.3) is 0 Å². The van der Waals surface area contributed by atoms with Gasteiger partial charge in [-0.25, -0.2) is 4.79 Å². The van der Waals surface area contributed by atoms with E-state index in [1.807, 2.05) is 19.1 Å². The second-order valence-electron chi connectivity index (χ2n) is 3.84. The van der Waals surface area contributed by atoms with Gasteiger partial charge in [0.1, 0.15) is 6.26 Å². The predicted octanol–water partition coefficient (Wildman–Crippen LogP) is 3.56. The molecular weight excluding hydrogens is 268 g/mol. The highest BCUT2D eigenvalue weighted by atomic mass is 35.5. The number of esters is 1. The summed E-state index contributed by atoms with van der Waals surface area (Å²) in [6.45, 7) is 3.93. The smallest absolute Gasteiger partial charge is 0.360 e. The average molecular weight is 281 g/mol. The lowest BCUT2D eigenvalue weighted by Crippen LogP contribution is -2.05. The Balaban J connectivity index is 2.13. The van der Waals surface area contributed by atoms with Gasteiger partial charge < -0.3 is 14.5 Å². The lowest BCUT2D eigenvalue weighted by atomic mass is 10.2. The Morgan fingerprint density at radius 2 is 2.32 bits per heavy atom. The maximum absolute atomic E-state index is 11.4. The second-order valence-corrected chi connectivity index (χ2v) is 4.28. The van der Waals surface area contributed by atoms with Crippen molar-refractivity contribution >= 4 is 29.3 Å². The highest BCUT2D eigenvalue weighted by Gasteiger charge is 2.13. The van der Waals surface area contributed by atoms with Gasteiger partial charge in [0.15, 0.2) is 5.69 Å². The molecule has 0 fully saturated rings. The molecule has 0 amide bonds. The Morgan fingerprint density at radius 3 is 3.00 bits per heavy atom. The van der Waals surface area contributed by atoms with E-state index in [0.717, 1.165) is 11.3 Å². The Kier molecular flexibility index (Phi) is 4.06. The maximum atomic E-state index is 11.4. The molecule has 2 aromatic rings. The van der Waals surface area contributed by atoms with Gasteiger partial charge in [0.2, 0.25) is 0 Å². The van der Waals surface area contributed by atoms with Crippen molar-refractivity contribution < 1.29 is 13.9 Å². The molecule has 6 heteroatoms. The molecule has 0 spiro atoms. The first-order valence-electron chi connectivity index (χ1n) is 5.76. The number of nitrogens with zero attached hydrogens (tertiary/aromatic N) is 1. The van der Waals surface area contributed by atoms with E-state index in [1.165, 1.54) is 6.26 Å². The molecule has 0 aliphatic carbocycles. The molecule has 0 bridgehead atoms. The minimum absolute atomic E-state index is 0.135. The summed E-state index contributed by atoms with van der Waals surface area (Å²) in [5, 5.41) is 3.63. The number of hydrogen-bond donors (Lipinski definition) is 1. The van der Waals surface area contributed by atoms with Gasteiger partial charge in [-0.1, -0.05) is 11.6 Å². The summed E-state index contributed by atoms with van der Waals surface area (Å²) in [5.74, 6) is -0.507. The van der Waals surface area contributed by atoms with Gasteiger partial charge in [0.25, 0.3) is 6.01 Å². The van der Waals surface area contributed by atoms with Gasteiger partial charge in [0.05, 0.1) is 6.61 Å². The number of aryl methyl sites for hydroxylation is 1. The quantitative estimate of drug-likeness (QED) is 0.868. The normalized spacial score (nSPS) is 10.3. The Hall–Kier alpha value is -2.01. The lowest BCUT2D eigenvalue weighted by Gasteiger charge is -2.05. The van der Waals surface area contributed by atoms with Gasteiger partial charge in [-0.3, -0.25) is 0 Å². The summed E-state index contributed by atoms with van der Waals surface area (Å²) < 4.78 is 9.99. The molecule has 1 aromatic carbocycles. The maximum Gasteiger partial charge on any atom is 0.360 e. The molecule has 1 N–H and O–H groups in total. The number of nitrogens with one attached hydrogen (secondary N) is 1. The standard InChI is InChI=1S/C13H13ClN2O3/c1-3-18-12(17)11-7-19-13(16-11)15-10-5-4-9(14)6-8(10)2/h4-7H,3H2,1-2H3,(H,15,16). The Morgan fingerprint density at radius 1 is 1.53 bits per heavy atom. The van der Waals surface area contributed by atoms with Crippen molar-refractivity contribution in [1.29, 1.82) is 0 Å². The van der Waals surface area contributed by atoms with Crippen LogP contribution in [0.1, 0.15) is 23.0 Å². The van der Waals surface area contributed by atoms with Crippen molar-refractivity contribution in [3.05, 3.63) is 40.7 Å². The van der Waals surface area contributed by atoms with Gasteiger partial charge in [0, 0.05) is 10.7 Å². The highest BCUT2D eigenvalue weighted by molar-refractivity contribution is 6.30. The van der Waals surface area contributed by atoms with E-state index in [9.17, 15) is 4.79 Å². The molecule has 0 unspecified atom stereocenters. The minimum atomic E-state index is -0.507. The summed E-state index contributed by atoms with van der Waals surface area (Å²) >= 11 is 5.87. The fourth-order valence-corrected chi connectivity index (χ4v) is 1.74. The van der Waals surface area contributed by atoms with Crippen molar-refractivity contribution in [3.8, 4) is 0 Å². The van der Waals surface area contributed by atoms with Crippen LogP contribution in [0, 0.1) is 6.92 Å². The number of halogens is 1.